The van der Waals surface area contributed by atoms with E-state index in [0.717, 1.165) is 0 Å². The summed E-state index contributed by atoms with van der Waals surface area (Å²) in [6.07, 6.45) is 0.661. The number of benzene rings is 1. The van der Waals surface area contributed by atoms with Crippen LogP contribution >= 0.6 is 0 Å². The van der Waals surface area contributed by atoms with Gasteiger partial charge in [0.25, 0.3) is 0 Å². The zero-order chi connectivity index (χ0) is 13.6. The van der Waals surface area contributed by atoms with Gasteiger partial charge in [0.2, 0.25) is 10.3 Å². The van der Waals surface area contributed by atoms with E-state index in [-0.39, 0.29) is 13.2 Å². The number of para-hydroxylation sites is 1. The lowest BCUT2D eigenvalue weighted by Gasteiger charge is -2.17. The molecule has 0 atom stereocenters. The average Bonchev–Trinajstić information content (AvgIpc) is 2.23. The molecule has 0 saturated heterocycles. The fraction of sp³-hybridized carbons (Fsp3) is 0.333. The van der Waals surface area contributed by atoms with Gasteiger partial charge in [-0.1, -0.05) is 18.2 Å². The number of nitrogens with zero attached hydrogens (tertiary/aromatic N) is 1. The van der Waals surface area contributed by atoms with Crippen LogP contribution < -0.4 is 4.74 Å². The summed E-state index contributed by atoms with van der Waals surface area (Å²) in [5, 5.41) is 0. The van der Waals surface area contributed by atoms with Crippen molar-refractivity contribution in [3.05, 3.63) is 34.5 Å². The fourth-order valence-electron chi connectivity index (χ4n) is 1.00. The first-order chi connectivity index (χ1) is 8.29. The monoisotopic (exact) mass is 294 g/mol. The molecule has 0 radical (unpaired) electrons. The van der Waals surface area contributed by atoms with E-state index >= 15 is 0 Å². The van der Waals surface area contributed by atoms with E-state index in [4.69, 9.17) is 4.74 Å². The minimum atomic E-state index is -4.44. The summed E-state index contributed by atoms with van der Waals surface area (Å²) in [5.41, 5.74) is 0. The van der Waals surface area contributed by atoms with Crippen molar-refractivity contribution >= 4 is 20.3 Å². The number of hydrogen-bond acceptors (Lipinski definition) is 6. The maximum absolute atomic E-state index is 11.0. The summed E-state index contributed by atoms with van der Waals surface area (Å²) < 4.78 is 55.4. The van der Waals surface area contributed by atoms with Crippen molar-refractivity contribution in [1.82, 2.24) is 0 Å². The first-order valence-corrected chi connectivity index (χ1v) is 8.01. The van der Waals surface area contributed by atoms with Crippen molar-refractivity contribution in [1.29, 1.82) is 0 Å². The third kappa shape index (κ3) is 6.55. The summed E-state index contributed by atoms with van der Waals surface area (Å²) in [5.74, 6) is 0.554. The Morgan fingerprint density at radius 2 is 1.67 bits per heavy atom. The van der Waals surface area contributed by atoms with Crippen LogP contribution in [0.15, 0.2) is 30.3 Å². The van der Waals surface area contributed by atoms with Crippen molar-refractivity contribution < 1.29 is 25.8 Å². The standard InChI is InChI=1S/C9H12NO6S2/c1-17(11,12)10-18(13,14)16-8-7-15-9-5-3-2-4-6-9/h2-6H,7-8H2,1H3/q-1. The highest BCUT2D eigenvalue weighted by Crippen LogP contribution is 2.11. The van der Waals surface area contributed by atoms with Gasteiger partial charge in [-0.25, -0.2) is 16.8 Å². The topological polar surface area (TPSA) is 101 Å². The zero-order valence-corrected chi connectivity index (χ0v) is 11.1. The van der Waals surface area contributed by atoms with Gasteiger partial charge < -0.3 is 8.86 Å². The Hall–Kier alpha value is -1.16. The van der Waals surface area contributed by atoms with Gasteiger partial charge in [0, 0.05) is 6.26 Å². The van der Waals surface area contributed by atoms with E-state index < -0.39 is 20.3 Å². The molecule has 18 heavy (non-hydrogen) atoms. The SMILES string of the molecule is CS(=O)(=O)[N-]S(=O)(=O)OCCOc1ccccc1. The molecule has 0 fully saturated rings. The molecule has 9 heteroatoms. The van der Waals surface area contributed by atoms with Gasteiger partial charge >= 0.3 is 0 Å². The maximum atomic E-state index is 11.0. The summed E-state index contributed by atoms with van der Waals surface area (Å²) in [4.78, 5) is 0. The van der Waals surface area contributed by atoms with E-state index in [1.54, 1.807) is 30.3 Å². The van der Waals surface area contributed by atoms with Gasteiger partial charge in [-0.3, -0.25) is 4.18 Å². The predicted octanol–water partition coefficient (Wildman–Crippen LogP) is 0.660. The van der Waals surface area contributed by atoms with E-state index in [9.17, 15) is 16.8 Å². The van der Waals surface area contributed by atoms with E-state index in [1.807, 2.05) is 0 Å². The lowest BCUT2D eigenvalue weighted by Crippen LogP contribution is -2.14. The Kier molecular flexibility index (Phi) is 5.08. The van der Waals surface area contributed by atoms with Crippen LogP contribution in [0.4, 0.5) is 0 Å². The summed E-state index contributed by atoms with van der Waals surface area (Å²) in [7, 11) is -8.44. The lowest BCUT2D eigenvalue weighted by molar-refractivity contribution is 0.223. The zero-order valence-electron chi connectivity index (χ0n) is 9.51. The van der Waals surface area contributed by atoms with Gasteiger partial charge in [-0.2, -0.15) is 0 Å². The Morgan fingerprint density at radius 3 is 2.22 bits per heavy atom. The third-order valence-electron chi connectivity index (χ3n) is 1.55. The van der Waals surface area contributed by atoms with E-state index in [2.05, 4.69) is 8.31 Å². The maximum Gasteiger partial charge on any atom is 0.202 e. The Bertz CT molecular complexity index is 566. The molecule has 0 bridgehead atoms. The molecule has 0 unspecified atom stereocenters. The largest absolute Gasteiger partial charge is 0.491 e. The predicted molar refractivity (Wildman–Crippen MR) is 65.0 cm³/mol. The number of hydrogen-bond donors (Lipinski definition) is 0. The first-order valence-electron chi connectivity index (χ1n) is 4.80. The molecule has 0 aromatic heterocycles. The molecule has 102 valence electrons. The van der Waals surface area contributed by atoms with Crippen LogP contribution in [0.25, 0.3) is 4.13 Å². The number of ether oxygens (including phenoxy) is 1. The van der Waals surface area contributed by atoms with Crippen molar-refractivity contribution in [3.8, 4) is 5.75 Å². The molecule has 0 spiro atoms. The Morgan fingerprint density at radius 1 is 1.06 bits per heavy atom. The smallest absolute Gasteiger partial charge is 0.202 e. The Balaban J connectivity index is 2.34. The second-order valence-corrected chi connectivity index (χ2v) is 6.37. The van der Waals surface area contributed by atoms with Crippen molar-refractivity contribution in [2.45, 2.75) is 0 Å². The molecular weight excluding hydrogens is 282 g/mol. The van der Waals surface area contributed by atoms with Crippen LogP contribution in [0.2, 0.25) is 0 Å². The van der Waals surface area contributed by atoms with Crippen molar-refractivity contribution in [2.75, 3.05) is 19.5 Å². The van der Waals surface area contributed by atoms with Crippen molar-refractivity contribution in [2.24, 2.45) is 0 Å². The molecule has 1 aromatic rings. The first kappa shape index (κ1) is 14.9. The third-order valence-corrected chi connectivity index (χ3v) is 3.83. The second-order valence-electron chi connectivity index (χ2n) is 3.22. The van der Waals surface area contributed by atoms with Crippen LogP contribution in [0.3, 0.4) is 0 Å². The molecule has 0 amide bonds. The number of sulfonamides is 1. The number of rotatable bonds is 7. The van der Waals surface area contributed by atoms with Gasteiger partial charge in [0.1, 0.15) is 12.4 Å². The molecule has 0 N–H and O–H groups in total. The summed E-state index contributed by atoms with van der Waals surface area (Å²) in [6.45, 7) is -0.362. The van der Waals surface area contributed by atoms with Crippen LogP contribution in [0.5, 0.6) is 5.75 Å². The normalized spacial score (nSPS) is 12.3. The Labute approximate surface area is 106 Å². The van der Waals surface area contributed by atoms with Crippen LogP contribution in [0, 0.1) is 0 Å². The van der Waals surface area contributed by atoms with Crippen LogP contribution in [0.1, 0.15) is 0 Å². The van der Waals surface area contributed by atoms with Gasteiger partial charge in [0.15, 0.2) is 0 Å². The highest BCUT2D eigenvalue weighted by molar-refractivity contribution is 8.09. The molecule has 0 aliphatic rings. The quantitative estimate of drug-likeness (QED) is 0.685. The minimum Gasteiger partial charge on any atom is -0.491 e. The molecule has 1 aromatic carbocycles. The van der Waals surface area contributed by atoms with Crippen LogP contribution in [-0.4, -0.2) is 36.3 Å². The van der Waals surface area contributed by atoms with E-state index in [0.29, 0.717) is 12.0 Å². The minimum absolute atomic E-state index is 0.0392. The second kappa shape index (κ2) is 6.14. The molecule has 0 aliphatic heterocycles. The highest BCUT2D eigenvalue weighted by atomic mass is 32.3. The van der Waals surface area contributed by atoms with Gasteiger partial charge in [-0.15, -0.1) is 0 Å². The molecule has 7 nitrogen and oxygen atoms in total. The average molecular weight is 294 g/mol. The van der Waals surface area contributed by atoms with Crippen LogP contribution in [-0.2, 0) is 24.5 Å². The molecule has 0 heterocycles. The molecular formula is C9H12NO6S2-. The fourth-order valence-corrected chi connectivity index (χ4v) is 2.78. The molecule has 0 saturated carbocycles. The van der Waals surface area contributed by atoms with Crippen molar-refractivity contribution in [3.63, 3.8) is 0 Å². The lowest BCUT2D eigenvalue weighted by atomic mass is 10.3. The molecule has 1 rings (SSSR count). The summed E-state index contributed by atoms with van der Waals surface area (Å²) >= 11 is 0. The van der Waals surface area contributed by atoms with Gasteiger partial charge in [0.05, 0.1) is 16.6 Å². The van der Waals surface area contributed by atoms with E-state index in [1.165, 1.54) is 0 Å². The summed E-state index contributed by atoms with van der Waals surface area (Å²) in [6, 6.07) is 8.70. The molecule has 0 aliphatic carbocycles. The van der Waals surface area contributed by atoms with Gasteiger partial charge in [-0.05, 0) is 12.1 Å². The highest BCUT2D eigenvalue weighted by Gasteiger charge is 2.04.